The van der Waals surface area contributed by atoms with Crippen LogP contribution in [-0.4, -0.2) is 69.0 Å². The zero-order chi connectivity index (χ0) is 14.8. The fourth-order valence-corrected chi connectivity index (χ4v) is 4.86. The molecular formula is C13H28ClN3O3S. The van der Waals surface area contributed by atoms with Crippen LogP contribution in [0.2, 0.25) is 0 Å². The normalized spacial score (nSPS) is 30.0. The molecule has 0 amide bonds. The van der Waals surface area contributed by atoms with E-state index in [1.54, 1.807) is 8.61 Å². The van der Waals surface area contributed by atoms with Crippen molar-refractivity contribution < 1.29 is 13.2 Å². The second-order valence-corrected chi connectivity index (χ2v) is 7.85. The minimum Gasteiger partial charge on any atom is -0.375 e. The maximum atomic E-state index is 12.7. The van der Waals surface area contributed by atoms with Crippen LogP contribution in [0.1, 0.15) is 26.7 Å². The summed E-state index contributed by atoms with van der Waals surface area (Å²) in [5.41, 5.74) is 0. The van der Waals surface area contributed by atoms with Crippen molar-refractivity contribution in [2.24, 2.45) is 5.92 Å². The number of hydrogen-bond donors (Lipinski definition) is 1. The summed E-state index contributed by atoms with van der Waals surface area (Å²) in [5.74, 6) is 0.590. The van der Waals surface area contributed by atoms with Crippen molar-refractivity contribution in [2.75, 3.05) is 39.8 Å². The lowest BCUT2D eigenvalue weighted by Crippen LogP contribution is -2.56. The molecule has 0 aliphatic carbocycles. The molecule has 2 saturated heterocycles. The first-order valence-corrected chi connectivity index (χ1v) is 8.88. The predicted molar refractivity (Wildman–Crippen MR) is 86.0 cm³/mol. The van der Waals surface area contributed by atoms with E-state index in [0.717, 1.165) is 19.4 Å². The molecule has 1 N–H and O–H groups in total. The summed E-state index contributed by atoms with van der Waals surface area (Å²) in [6.07, 6.45) is 1.85. The summed E-state index contributed by atoms with van der Waals surface area (Å²) in [5, 5.41) is 3.17. The Bertz CT molecular complexity index is 413. The third-order valence-electron chi connectivity index (χ3n) is 4.24. The lowest BCUT2D eigenvalue weighted by atomic mass is 9.98. The average Bonchev–Trinajstić information content (AvgIpc) is 2.42. The molecule has 0 radical (unpaired) electrons. The quantitative estimate of drug-likeness (QED) is 0.817. The topological polar surface area (TPSA) is 61.9 Å². The second-order valence-electron chi connectivity index (χ2n) is 5.97. The number of halogens is 1. The molecular weight excluding hydrogens is 314 g/mol. The molecule has 2 aliphatic heterocycles. The molecule has 0 aromatic carbocycles. The van der Waals surface area contributed by atoms with Crippen LogP contribution in [0.5, 0.6) is 0 Å². The van der Waals surface area contributed by atoms with Crippen LogP contribution in [0.25, 0.3) is 0 Å². The molecule has 2 unspecified atom stereocenters. The van der Waals surface area contributed by atoms with Crippen LogP contribution in [0.3, 0.4) is 0 Å². The van der Waals surface area contributed by atoms with Gasteiger partial charge in [0.2, 0.25) is 0 Å². The summed E-state index contributed by atoms with van der Waals surface area (Å²) < 4.78 is 34.3. The molecule has 0 spiro atoms. The van der Waals surface area contributed by atoms with E-state index < -0.39 is 10.2 Å². The second kappa shape index (κ2) is 8.08. The molecule has 2 fully saturated rings. The first-order chi connectivity index (χ1) is 9.45. The number of piperidine rings is 1. The third-order valence-corrected chi connectivity index (χ3v) is 6.36. The fraction of sp³-hybridized carbons (Fsp3) is 1.00. The highest BCUT2D eigenvalue weighted by atomic mass is 35.5. The Balaban J connectivity index is 0.00000220. The van der Waals surface area contributed by atoms with Gasteiger partial charge in [0.15, 0.2) is 0 Å². The lowest BCUT2D eigenvalue weighted by Gasteiger charge is -2.40. The van der Waals surface area contributed by atoms with Crippen LogP contribution in [0, 0.1) is 5.92 Å². The maximum Gasteiger partial charge on any atom is 0.282 e. The van der Waals surface area contributed by atoms with E-state index >= 15 is 0 Å². The molecule has 0 aromatic heterocycles. The summed E-state index contributed by atoms with van der Waals surface area (Å²) in [6.45, 7) is 7.01. The molecule has 2 aliphatic rings. The molecule has 2 heterocycles. The molecule has 2 atom stereocenters. The van der Waals surface area contributed by atoms with E-state index in [1.165, 1.54) is 0 Å². The lowest BCUT2D eigenvalue weighted by molar-refractivity contribution is -0.0194. The van der Waals surface area contributed by atoms with Crippen LogP contribution >= 0.6 is 12.4 Å². The Morgan fingerprint density at radius 2 is 1.86 bits per heavy atom. The summed E-state index contributed by atoms with van der Waals surface area (Å²) in [7, 11) is -1.39. The van der Waals surface area contributed by atoms with Gasteiger partial charge in [-0.1, -0.05) is 0 Å². The highest BCUT2D eigenvalue weighted by Gasteiger charge is 2.38. The number of hydrogen-bond acceptors (Lipinski definition) is 4. The summed E-state index contributed by atoms with van der Waals surface area (Å²) in [4.78, 5) is 0. The Morgan fingerprint density at radius 3 is 2.43 bits per heavy atom. The summed E-state index contributed by atoms with van der Waals surface area (Å²) in [6, 6.07) is -0.0776. The van der Waals surface area contributed by atoms with E-state index in [9.17, 15) is 8.42 Å². The number of nitrogens with one attached hydrogen (secondary N) is 1. The number of morpholine rings is 1. The SMILES string of the molecule is CNCC1CCN(S(=O)(=O)N2CC(C)OCC2C)CC1.Cl. The minimum atomic E-state index is -3.34. The van der Waals surface area contributed by atoms with Crippen molar-refractivity contribution >= 4 is 22.6 Å². The van der Waals surface area contributed by atoms with Gasteiger partial charge in [-0.2, -0.15) is 17.0 Å². The van der Waals surface area contributed by atoms with Crippen LogP contribution in [0.4, 0.5) is 0 Å². The number of ether oxygens (including phenoxy) is 1. The van der Waals surface area contributed by atoms with Gasteiger partial charge < -0.3 is 10.1 Å². The Labute approximate surface area is 134 Å². The van der Waals surface area contributed by atoms with E-state index in [-0.39, 0.29) is 24.6 Å². The standard InChI is InChI=1S/C13H27N3O3S.ClH/c1-11-10-19-12(2)9-16(11)20(17,18)15-6-4-13(5-7-15)8-14-3;/h11-14H,4-10H2,1-3H3;1H. The molecule has 21 heavy (non-hydrogen) atoms. The Hall–Kier alpha value is 0.0800. The highest BCUT2D eigenvalue weighted by Crippen LogP contribution is 2.24. The molecule has 8 heteroatoms. The van der Waals surface area contributed by atoms with Crippen molar-refractivity contribution in [2.45, 2.75) is 38.8 Å². The van der Waals surface area contributed by atoms with E-state index in [2.05, 4.69) is 5.32 Å². The monoisotopic (exact) mass is 341 g/mol. The van der Waals surface area contributed by atoms with Crippen molar-refractivity contribution in [1.29, 1.82) is 0 Å². The predicted octanol–water partition coefficient (Wildman–Crippen LogP) is 0.694. The molecule has 6 nitrogen and oxygen atoms in total. The van der Waals surface area contributed by atoms with E-state index in [1.807, 2.05) is 20.9 Å². The van der Waals surface area contributed by atoms with Crippen LogP contribution < -0.4 is 5.32 Å². The first-order valence-electron chi connectivity index (χ1n) is 7.48. The molecule has 2 rings (SSSR count). The van der Waals surface area contributed by atoms with Gasteiger partial charge in [0.1, 0.15) is 0 Å². The van der Waals surface area contributed by atoms with Crippen molar-refractivity contribution in [3.05, 3.63) is 0 Å². The Kier molecular flexibility index (Phi) is 7.36. The molecule has 0 aromatic rings. The van der Waals surface area contributed by atoms with Gasteiger partial charge in [-0.3, -0.25) is 0 Å². The molecule has 0 bridgehead atoms. The Morgan fingerprint density at radius 1 is 1.24 bits per heavy atom. The van der Waals surface area contributed by atoms with Gasteiger partial charge >= 0.3 is 0 Å². The van der Waals surface area contributed by atoms with Gasteiger partial charge in [-0.05, 0) is 46.2 Å². The molecule has 126 valence electrons. The van der Waals surface area contributed by atoms with Gasteiger partial charge in [0.05, 0.1) is 12.7 Å². The van der Waals surface area contributed by atoms with Gasteiger partial charge in [0, 0.05) is 25.7 Å². The van der Waals surface area contributed by atoms with Gasteiger partial charge in [-0.15, -0.1) is 12.4 Å². The largest absolute Gasteiger partial charge is 0.375 e. The van der Waals surface area contributed by atoms with Gasteiger partial charge in [-0.25, -0.2) is 0 Å². The van der Waals surface area contributed by atoms with Crippen LogP contribution in [0.15, 0.2) is 0 Å². The van der Waals surface area contributed by atoms with Crippen molar-refractivity contribution in [3.8, 4) is 0 Å². The fourth-order valence-electron chi connectivity index (χ4n) is 2.98. The maximum absolute atomic E-state index is 12.7. The number of nitrogens with zero attached hydrogens (tertiary/aromatic N) is 2. The number of rotatable bonds is 4. The van der Waals surface area contributed by atoms with Crippen molar-refractivity contribution in [3.63, 3.8) is 0 Å². The van der Waals surface area contributed by atoms with E-state index in [0.29, 0.717) is 32.2 Å². The van der Waals surface area contributed by atoms with Crippen molar-refractivity contribution in [1.82, 2.24) is 13.9 Å². The third kappa shape index (κ3) is 4.53. The summed E-state index contributed by atoms with van der Waals surface area (Å²) >= 11 is 0. The highest BCUT2D eigenvalue weighted by molar-refractivity contribution is 7.86. The molecule has 0 saturated carbocycles. The first kappa shape index (κ1) is 19.1. The van der Waals surface area contributed by atoms with E-state index in [4.69, 9.17) is 4.74 Å². The average molecular weight is 342 g/mol. The smallest absolute Gasteiger partial charge is 0.282 e. The minimum absolute atomic E-state index is 0. The van der Waals surface area contributed by atoms with Crippen LogP contribution in [-0.2, 0) is 14.9 Å². The zero-order valence-electron chi connectivity index (χ0n) is 13.1. The zero-order valence-corrected chi connectivity index (χ0v) is 14.8. The van der Waals surface area contributed by atoms with Gasteiger partial charge in [0.25, 0.3) is 10.2 Å².